The maximum Gasteiger partial charge on any atom is 0.254 e. The molecule has 1 aromatic carbocycles. The molecule has 0 bridgehead atoms. The number of likely N-dealkylation sites (tertiary alicyclic amines) is 1. The van der Waals surface area contributed by atoms with E-state index in [4.69, 9.17) is 0 Å². The summed E-state index contributed by atoms with van der Waals surface area (Å²) < 4.78 is 0. The number of thiophene rings is 1. The van der Waals surface area contributed by atoms with Gasteiger partial charge in [-0.1, -0.05) is 6.07 Å². The largest absolute Gasteiger partial charge is 0.331 e. The van der Waals surface area contributed by atoms with Gasteiger partial charge in [0.15, 0.2) is 0 Å². The molecule has 1 fully saturated rings. The van der Waals surface area contributed by atoms with E-state index < -0.39 is 0 Å². The molecule has 1 N–H and O–H groups in total. The highest BCUT2D eigenvalue weighted by Crippen LogP contribution is 2.37. The van der Waals surface area contributed by atoms with Crippen molar-refractivity contribution in [3.05, 3.63) is 46.2 Å². The molecular formula is C18H18N2O2S2. The van der Waals surface area contributed by atoms with Gasteiger partial charge in [-0.3, -0.25) is 9.59 Å². The van der Waals surface area contributed by atoms with E-state index in [1.165, 1.54) is 4.88 Å². The van der Waals surface area contributed by atoms with Crippen LogP contribution in [-0.2, 0) is 4.79 Å². The van der Waals surface area contributed by atoms with Gasteiger partial charge in [0.05, 0.1) is 11.7 Å². The summed E-state index contributed by atoms with van der Waals surface area (Å²) in [4.78, 5) is 29.0. The van der Waals surface area contributed by atoms with Gasteiger partial charge in [-0.05, 0) is 42.5 Å². The van der Waals surface area contributed by atoms with E-state index in [-0.39, 0.29) is 17.9 Å². The normalized spacial score (nSPS) is 20.4. The molecule has 0 unspecified atom stereocenters. The van der Waals surface area contributed by atoms with Crippen LogP contribution in [0.1, 0.15) is 40.5 Å². The fourth-order valence-corrected chi connectivity index (χ4v) is 5.12. The second-order valence-corrected chi connectivity index (χ2v) is 8.15. The predicted molar refractivity (Wildman–Crippen MR) is 97.7 cm³/mol. The van der Waals surface area contributed by atoms with Gasteiger partial charge in [0.2, 0.25) is 5.91 Å². The molecule has 0 spiro atoms. The number of rotatable bonds is 2. The highest BCUT2D eigenvalue weighted by molar-refractivity contribution is 7.99. The van der Waals surface area contributed by atoms with Crippen molar-refractivity contribution in [1.82, 2.24) is 4.90 Å². The summed E-state index contributed by atoms with van der Waals surface area (Å²) in [5.74, 6) is 0.847. The number of anilines is 1. The van der Waals surface area contributed by atoms with Gasteiger partial charge in [-0.15, -0.1) is 23.1 Å². The van der Waals surface area contributed by atoms with Crippen molar-refractivity contribution in [2.75, 3.05) is 17.6 Å². The Balaban J connectivity index is 1.61. The number of nitrogens with zero attached hydrogens (tertiary/aromatic N) is 1. The SMILES string of the molecule is O=C1CCSc2ccc(C(=O)N3CCC[C@@H]3c3cccs3)cc2N1. The Morgan fingerprint density at radius 3 is 3.04 bits per heavy atom. The first-order valence-corrected chi connectivity index (χ1v) is 10.00. The van der Waals surface area contributed by atoms with Crippen LogP contribution in [0.5, 0.6) is 0 Å². The maximum absolute atomic E-state index is 13.0. The van der Waals surface area contributed by atoms with Crippen molar-refractivity contribution in [2.24, 2.45) is 0 Å². The lowest BCUT2D eigenvalue weighted by Crippen LogP contribution is -2.30. The van der Waals surface area contributed by atoms with Crippen LogP contribution >= 0.6 is 23.1 Å². The predicted octanol–water partition coefficient (Wildman–Crippen LogP) is 4.16. The van der Waals surface area contributed by atoms with Crippen LogP contribution in [-0.4, -0.2) is 29.0 Å². The molecule has 4 nitrogen and oxygen atoms in total. The van der Waals surface area contributed by atoms with Gasteiger partial charge in [-0.25, -0.2) is 0 Å². The van der Waals surface area contributed by atoms with Crippen molar-refractivity contribution >= 4 is 40.6 Å². The van der Waals surface area contributed by atoms with E-state index in [9.17, 15) is 9.59 Å². The third kappa shape index (κ3) is 2.96. The van der Waals surface area contributed by atoms with Gasteiger partial charge >= 0.3 is 0 Å². The van der Waals surface area contributed by atoms with E-state index >= 15 is 0 Å². The molecule has 1 atom stereocenters. The molecule has 0 aliphatic carbocycles. The second-order valence-electron chi connectivity index (χ2n) is 6.03. The van der Waals surface area contributed by atoms with E-state index in [0.717, 1.165) is 35.7 Å². The van der Waals surface area contributed by atoms with Gasteiger partial charge in [0, 0.05) is 34.1 Å². The van der Waals surface area contributed by atoms with Crippen molar-refractivity contribution < 1.29 is 9.59 Å². The highest BCUT2D eigenvalue weighted by atomic mass is 32.2. The molecule has 2 aromatic rings. The third-order valence-electron chi connectivity index (χ3n) is 4.47. The van der Waals surface area contributed by atoms with Crippen LogP contribution in [0, 0.1) is 0 Å². The topological polar surface area (TPSA) is 49.4 Å². The maximum atomic E-state index is 13.0. The number of hydrogen-bond donors (Lipinski definition) is 1. The highest BCUT2D eigenvalue weighted by Gasteiger charge is 2.31. The lowest BCUT2D eigenvalue weighted by atomic mass is 10.1. The summed E-state index contributed by atoms with van der Waals surface area (Å²) in [5, 5.41) is 4.98. The number of nitrogens with one attached hydrogen (secondary N) is 1. The van der Waals surface area contributed by atoms with Gasteiger partial charge in [0.1, 0.15) is 0 Å². The lowest BCUT2D eigenvalue weighted by molar-refractivity contribution is -0.115. The first-order valence-electron chi connectivity index (χ1n) is 8.13. The molecule has 2 amide bonds. The Morgan fingerprint density at radius 1 is 1.29 bits per heavy atom. The molecule has 1 aromatic heterocycles. The van der Waals surface area contributed by atoms with Crippen molar-refractivity contribution in [1.29, 1.82) is 0 Å². The zero-order valence-electron chi connectivity index (χ0n) is 13.2. The fourth-order valence-electron chi connectivity index (χ4n) is 3.31. The van der Waals surface area contributed by atoms with E-state index in [2.05, 4.69) is 16.8 Å². The first-order chi connectivity index (χ1) is 11.7. The zero-order valence-corrected chi connectivity index (χ0v) is 14.8. The van der Waals surface area contributed by atoms with Crippen LogP contribution in [0.2, 0.25) is 0 Å². The minimum Gasteiger partial charge on any atom is -0.331 e. The van der Waals surface area contributed by atoms with Crippen LogP contribution in [0.25, 0.3) is 0 Å². The molecule has 0 radical (unpaired) electrons. The van der Waals surface area contributed by atoms with Gasteiger partial charge in [0.25, 0.3) is 5.91 Å². The molecular weight excluding hydrogens is 340 g/mol. The molecule has 2 aliphatic rings. The van der Waals surface area contributed by atoms with Crippen molar-refractivity contribution in [3.8, 4) is 0 Å². The number of amides is 2. The van der Waals surface area contributed by atoms with Crippen LogP contribution in [0.3, 0.4) is 0 Å². The molecule has 2 aliphatic heterocycles. The average Bonchev–Trinajstić information content (AvgIpc) is 3.22. The number of hydrogen-bond acceptors (Lipinski definition) is 4. The molecule has 6 heteroatoms. The molecule has 24 heavy (non-hydrogen) atoms. The minimum atomic E-state index is 0.0171. The summed E-state index contributed by atoms with van der Waals surface area (Å²) in [6.45, 7) is 0.791. The van der Waals surface area contributed by atoms with Gasteiger partial charge in [-0.2, -0.15) is 0 Å². The second kappa shape index (κ2) is 6.61. The number of thioether (sulfide) groups is 1. The standard InChI is InChI=1S/C18H18N2O2S2/c21-17-7-10-24-15-6-5-12(11-13(15)19-17)18(22)20-8-1-3-14(20)16-4-2-9-23-16/h2,4-6,9,11,14H,1,3,7-8,10H2,(H,19,21)/t14-/m1/s1. The lowest BCUT2D eigenvalue weighted by Gasteiger charge is -2.24. The monoisotopic (exact) mass is 358 g/mol. The van der Waals surface area contributed by atoms with E-state index in [1.54, 1.807) is 23.1 Å². The molecule has 3 heterocycles. The zero-order chi connectivity index (χ0) is 16.5. The van der Waals surface area contributed by atoms with E-state index in [1.807, 2.05) is 29.2 Å². The Kier molecular flexibility index (Phi) is 4.33. The fraction of sp³-hybridized carbons (Fsp3) is 0.333. The van der Waals surface area contributed by atoms with Crippen molar-refractivity contribution in [3.63, 3.8) is 0 Å². The van der Waals surface area contributed by atoms with Crippen LogP contribution in [0.4, 0.5) is 5.69 Å². The Morgan fingerprint density at radius 2 is 2.21 bits per heavy atom. The van der Waals surface area contributed by atoms with Crippen molar-refractivity contribution in [2.45, 2.75) is 30.2 Å². The average molecular weight is 358 g/mol. The molecule has 0 saturated carbocycles. The smallest absolute Gasteiger partial charge is 0.254 e. The van der Waals surface area contributed by atoms with Gasteiger partial charge < -0.3 is 10.2 Å². The third-order valence-corrected chi connectivity index (χ3v) is 6.52. The molecule has 4 rings (SSSR count). The van der Waals surface area contributed by atoms with Crippen LogP contribution < -0.4 is 5.32 Å². The summed E-state index contributed by atoms with van der Waals surface area (Å²) in [5.41, 5.74) is 1.42. The summed E-state index contributed by atoms with van der Waals surface area (Å²) in [6, 6.07) is 9.99. The van der Waals surface area contributed by atoms with Crippen LogP contribution in [0.15, 0.2) is 40.6 Å². The Labute approximate surface area is 149 Å². The minimum absolute atomic E-state index is 0.0171. The Bertz CT molecular complexity index is 773. The number of benzene rings is 1. The Hall–Kier alpha value is -1.79. The van der Waals surface area contributed by atoms with E-state index in [0.29, 0.717) is 12.0 Å². The summed E-state index contributed by atoms with van der Waals surface area (Å²) >= 11 is 3.37. The number of carbonyl (C=O) groups is 2. The first kappa shape index (κ1) is 15.7. The quantitative estimate of drug-likeness (QED) is 0.877. The number of carbonyl (C=O) groups excluding carboxylic acids is 2. The summed E-state index contributed by atoms with van der Waals surface area (Å²) in [7, 11) is 0. The number of fused-ring (bicyclic) bond motifs is 1. The molecule has 124 valence electrons. The summed E-state index contributed by atoms with van der Waals surface area (Å²) in [6.07, 6.45) is 2.56. The molecule has 1 saturated heterocycles.